The van der Waals surface area contributed by atoms with Gasteiger partial charge in [0.2, 0.25) is 0 Å². The third-order valence-corrected chi connectivity index (χ3v) is 5.04. The largest absolute Gasteiger partial charge is 0.495 e. The van der Waals surface area contributed by atoms with Crippen LogP contribution in [-0.4, -0.2) is 34.6 Å². The lowest BCUT2D eigenvalue weighted by atomic mass is 10.3. The molecule has 144 valence electrons. The van der Waals surface area contributed by atoms with E-state index in [0.29, 0.717) is 23.7 Å². The van der Waals surface area contributed by atoms with E-state index in [2.05, 4.69) is 16.6 Å². The Kier molecular flexibility index (Phi) is 7.09. The van der Waals surface area contributed by atoms with E-state index >= 15 is 0 Å². The zero-order chi connectivity index (χ0) is 19.9. The second-order valence-electron chi connectivity index (χ2n) is 5.31. The predicted molar refractivity (Wildman–Crippen MR) is 104 cm³/mol. The van der Waals surface area contributed by atoms with Crippen LogP contribution in [0.2, 0.25) is 5.02 Å². The number of sulfonamides is 1. The molecule has 0 aliphatic carbocycles. The highest BCUT2D eigenvalue weighted by atomic mass is 35.5. The summed E-state index contributed by atoms with van der Waals surface area (Å²) in [6.07, 6.45) is 1.56. The highest BCUT2D eigenvalue weighted by molar-refractivity contribution is 7.92. The van der Waals surface area contributed by atoms with E-state index in [1.165, 1.54) is 37.4 Å². The van der Waals surface area contributed by atoms with Gasteiger partial charge in [-0.15, -0.1) is 6.58 Å². The molecule has 0 heterocycles. The average molecular weight is 411 g/mol. The lowest BCUT2D eigenvalue weighted by Crippen LogP contribution is -2.28. The molecule has 2 aromatic carbocycles. The van der Waals surface area contributed by atoms with Crippen LogP contribution in [0.4, 0.5) is 5.69 Å². The molecule has 2 aromatic rings. The summed E-state index contributed by atoms with van der Waals surface area (Å²) < 4.78 is 37.7. The quantitative estimate of drug-likeness (QED) is 0.620. The van der Waals surface area contributed by atoms with Crippen LogP contribution in [-0.2, 0) is 14.8 Å². The number of rotatable bonds is 9. The van der Waals surface area contributed by atoms with Crippen LogP contribution >= 0.6 is 11.6 Å². The number of halogens is 1. The van der Waals surface area contributed by atoms with Crippen molar-refractivity contribution in [3.05, 3.63) is 60.1 Å². The van der Waals surface area contributed by atoms with Gasteiger partial charge in [-0.2, -0.15) is 0 Å². The molecule has 9 heteroatoms. The average Bonchev–Trinajstić information content (AvgIpc) is 2.65. The Bertz CT molecular complexity index is 914. The summed E-state index contributed by atoms with van der Waals surface area (Å²) in [7, 11) is -2.34. The topological polar surface area (TPSA) is 93.7 Å². The smallest absolute Gasteiger partial charge is 0.261 e. The van der Waals surface area contributed by atoms with E-state index in [1.807, 2.05) is 0 Å². The Morgan fingerprint density at radius 3 is 2.52 bits per heavy atom. The Morgan fingerprint density at radius 1 is 1.22 bits per heavy atom. The van der Waals surface area contributed by atoms with E-state index in [9.17, 15) is 13.2 Å². The molecule has 0 aromatic heterocycles. The fraction of sp³-hybridized carbons (Fsp3) is 0.167. The van der Waals surface area contributed by atoms with Gasteiger partial charge in [-0.05, 0) is 42.5 Å². The SMILES string of the molecule is C=CCNC(=O)COc1ccc(S(=O)(=O)Nc2ccc(OC)c(Cl)c2)cc1. The highest BCUT2D eigenvalue weighted by Crippen LogP contribution is 2.28. The number of carbonyl (C=O) groups is 1. The maximum Gasteiger partial charge on any atom is 0.261 e. The van der Waals surface area contributed by atoms with Crippen LogP contribution in [0.3, 0.4) is 0 Å². The minimum Gasteiger partial charge on any atom is -0.495 e. The van der Waals surface area contributed by atoms with Crippen molar-refractivity contribution in [1.29, 1.82) is 0 Å². The van der Waals surface area contributed by atoms with Crippen LogP contribution in [0.5, 0.6) is 11.5 Å². The number of methoxy groups -OCH3 is 1. The van der Waals surface area contributed by atoms with Crippen LogP contribution in [0.15, 0.2) is 60.0 Å². The van der Waals surface area contributed by atoms with Crippen molar-refractivity contribution >= 4 is 33.2 Å². The van der Waals surface area contributed by atoms with Crippen molar-refractivity contribution in [2.45, 2.75) is 4.90 Å². The van der Waals surface area contributed by atoms with Gasteiger partial charge in [-0.3, -0.25) is 9.52 Å². The first-order chi connectivity index (χ1) is 12.9. The van der Waals surface area contributed by atoms with E-state index in [4.69, 9.17) is 21.1 Å². The summed E-state index contributed by atoms with van der Waals surface area (Å²) in [6, 6.07) is 10.3. The maximum absolute atomic E-state index is 12.5. The molecule has 2 N–H and O–H groups in total. The van der Waals surface area contributed by atoms with Crippen LogP contribution < -0.4 is 19.5 Å². The predicted octanol–water partition coefficient (Wildman–Crippen LogP) is 2.83. The molecule has 1 amide bonds. The van der Waals surface area contributed by atoms with E-state index < -0.39 is 10.0 Å². The van der Waals surface area contributed by atoms with Gasteiger partial charge < -0.3 is 14.8 Å². The molecule has 27 heavy (non-hydrogen) atoms. The van der Waals surface area contributed by atoms with Crippen molar-refractivity contribution in [2.75, 3.05) is 25.0 Å². The summed E-state index contributed by atoms with van der Waals surface area (Å²) in [5, 5.41) is 2.86. The molecule has 0 saturated carbocycles. The highest BCUT2D eigenvalue weighted by Gasteiger charge is 2.15. The third kappa shape index (κ3) is 5.90. The van der Waals surface area contributed by atoms with Gasteiger partial charge in [0.1, 0.15) is 11.5 Å². The van der Waals surface area contributed by atoms with Gasteiger partial charge in [0.05, 0.1) is 22.7 Å². The van der Waals surface area contributed by atoms with Gasteiger partial charge in [0.25, 0.3) is 15.9 Å². The number of anilines is 1. The normalized spacial score (nSPS) is 10.7. The molecule has 2 rings (SSSR count). The monoisotopic (exact) mass is 410 g/mol. The van der Waals surface area contributed by atoms with E-state index in [1.54, 1.807) is 18.2 Å². The van der Waals surface area contributed by atoms with Gasteiger partial charge in [0.15, 0.2) is 6.61 Å². The minimum absolute atomic E-state index is 0.0397. The fourth-order valence-electron chi connectivity index (χ4n) is 2.04. The molecule has 0 bridgehead atoms. The minimum atomic E-state index is -3.81. The van der Waals surface area contributed by atoms with Gasteiger partial charge in [-0.1, -0.05) is 17.7 Å². The number of nitrogens with one attached hydrogen (secondary N) is 2. The molecule has 0 fully saturated rings. The lowest BCUT2D eigenvalue weighted by molar-refractivity contribution is -0.122. The zero-order valence-corrected chi connectivity index (χ0v) is 16.1. The molecule has 7 nitrogen and oxygen atoms in total. The Balaban J connectivity index is 2.03. The third-order valence-electron chi connectivity index (χ3n) is 3.35. The van der Waals surface area contributed by atoms with Crippen molar-refractivity contribution < 1.29 is 22.7 Å². The molecule has 0 saturated heterocycles. The molecule has 0 spiro atoms. The molecular weight excluding hydrogens is 392 g/mol. The van der Waals surface area contributed by atoms with Crippen LogP contribution in [0.25, 0.3) is 0 Å². The lowest BCUT2D eigenvalue weighted by Gasteiger charge is -2.11. The van der Waals surface area contributed by atoms with E-state index in [-0.39, 0.29) is 22.4 Å². The summed E-state index contributed by atoms with van der Waals surface area (Å²) in [4.78, 5) is 11.5. The van der Waals surface area contributed by atoms with Crippen molar-refractivity contribution in [1.82, 2.24) is 5.32 Å². The van der Waals surface area contributed by atoms with Gasteiger partial charge in [-0.25, -0.2) is 8.42 Å². The van der Waals surface area contributed by atoms with E-state index in [0.717, 1.165) is 0 Å². The standard InChI is InChI=1S/C18H19ClN2O5S/c1-3-10-20-18(22)12-26-14-5-7-15(8-6-14)27(23,24)21-13-4-9-17(25-2)16(19)11-13/h3-9,11,21H,1,10,12H2,2H3,(H,20,22). The van der Waals surface area contributed by atoms with Gasteiger partial charge >= 0.3 is 0 Å². The number of hydrogen-bond acceptors (Lipinski definition) is 5. The van der Waals surface area contributed by atoms with Crippen LogP contribution in [0, 0.1) is 0 Å². The number of ether oxygens (including phenoxy) is 2. The summed E-state index contributed by atoms with van der Waals surface area (Å²) >= 11 is 6.00. The first-order valence-electron chi connectivity index (χ1n) is 7.82. The molecule has 0 aliphatic rings. The molecule has 0 aliphatic heterocycles. The number of hydrogen-bond donors (Lipinski definition) is 2. The zero-order valence-electron chi connectivity index (χ0n) is 14.6. The molecule has 0 radical (unpaired) electrons. The summed E-state index contributed by atoms with van der Waals surface area (Å²) in [5.74, 6) is 0.512. The number of benzene rings is 2. The van der Waals surface area contributed by atoms with Crippen molar-refractivity contribution in [3.63, 3.8) is 0 Å². The van der Waals surface area contributed by atoms with Crippen molar-refractivity contribution in [3.8, 4) is 11.5 Å². The van der Waals surface area contributed by atoms with Crippen LogP contribution in [0.1, 0.15) is 0 Å². The second-order valence-corrected chi connectivity index (χ2v) is 7.40. The Labute approximate surface area is 163 Å². The first kappa shape index (κ1) is 20.6. The fourth-order valence-corrected chi connectivity index (χ4v) is 3.35. The van der Waals surface area contributed by atoms with Crippen molar-refractivity contribution in [2.24, 2.45) is 0 Å². The number of carbonyl (C=O) groups excluding carboxylic acids is 1. The second kappa shape index (κ2) is 9.29. The maximum atomic E-state index is 12.5. The molecule has 0 atom stereocenters. The Morgan fingerprint density at radius 2 is 1.93 bits per heavy atom. The molecule has 0 unspecified atom stereocenters. The number of amides is 1. The molecular formula is C18H19ClN2O5S. The summed E-state index contributed by atoms with van der Waals surface area (Å²) in [5.41, 5.74) is 0.306. The first-order valence-corrected chi connectivity index (χ1v) is 9.68. The summed E-state index contributed by atoms with van der Waals surface area (Å²) in [6.45, 7) is 3.66. The van der Waals surface area contributed by atoms with Gasteiger partial charge in [0, 0.05) is 6.54 Å². The Hall–Kier alpha value is -2.71.